The molecule has 0 fully saturated rings. The second-order valence-electron chi connectivity index (χ2n) is 6.66. The van der Waals surface area contributed by atoms with E-state index in [-0.39, 0.29) is 24.1 Å². The van der Waals surface area contributed by atoms with Gasteiger partial charge in [-0.25, -0.2) is 0 Å². The van der Waals surface area contributed by atoms with E-state index in [0.717, 1.165) is 34.4 Å². The van der Waals surface area contributed by atoms with Crippen LogP contribution in [-0.2, 0) is 17.6 Å². The van der Waals surface area contributed by atoms with Gasteiger partial charge in [-0.1, -0.05) is 44.2 Å². The fourth-order valence-electron chi connectivity index (χ4n) is 3.47. The van der Waals surface area contributed by atoms with E-state index in [9.17, 15) is 14.4 Å². The number of carbonyl (C=O) groups is 3. The van der Waals surface area contributed by atoms with Gasteiger partial charge >= 0.3 is 0 Å². The summed E-state index contributed by atoms with van der Waals surface area (Å²) in [4.78, 5) is 39.5. The van der Waals surface area contributed by atoms with Crippen molar-refractivity contribution in [2.24, 2.45) is 0 Å². The fraction of sp³-hybridized carbons (Fsp3) is 0.318. The number of fused-ring (bicyclic) bond motifs is 1. The summed E-state index contributed by atoms with van der Waals surface area (Å²) in [5.41, 5.74) is 3.86. The normalized spacial score (nSPS) is 16.6. The first kappa shape index (κ1) is 18.1. The van der Waals surface area contributed by atoms with Gasteiger partial charge in [0.1, 0.15) is 0 Å². The van der Waals surface area contributed by atoms with Crippen LogP contribution in [0, 0.1) is 0 Å². The van der Waals surface area contributed by atoms with E-state index in [1.165, 1.54) is 0 Å². The average Bonchev–Trinajstić information content (AvgIpc) is 2.68. The molecule has 0 radical (unpaired) electrons. The number of hydrogen-bond acceptors (Lipinski definition) is 3. The number of Topliss-reactive ketones (excluding diaryl/α,β-unsaturated/α-hetero) is 1. The second kappa shape index (κ2) is 7.24. The van der Waals surface area contributed by atoms with Crippen molar-refractivity contribution in [2.75, 3.05) is 6.54 Å². The largest absolute Gasteiger partial charge is 0.292 e. The number of benzene rings is 2. The van der Waals surface area contributed by atoms with Crippen LogP contribution < -0.4 is 0 Å². The Morgan fingerprint density at radius 3 is 2.46 bits per heavy atom. The highest BCUT2D eigenvalue weighted by molar-refractivity contribution is 6.14. The fourth-order valence-corrected chi connectivity index (χ4v) is 3.47. The van der Waals surface area contributed by atoms with E-state index in [0.29, 0.717) is 11.1 Å². The number of carbonyl (C=O) groups excluding carboxylic acids is 3. The molecule has 0 N–H and O–H groups in total. The molecule has 1 aliphatic rings. The lowest BCUT2D eigenvalue weighted by Crippen LogP contribution is -2.46. The number of imide groups is 1. The van der Waals surface area contributed by atoms with Gasteiger partial charge in [-0.15, -0.1) is 0 Å². The molecule has 0 aromatic heterocycles. The predicted octanol–water partition coefficient (Wildman–Crippen LogP) is 3.78. The molecule has 2 aromatic carbocycles. The van der Waals surface area contributed by atoms with Crippen molar-refractivity contribution in [1.29, 1.82) is 0 Å². The van der Waals surface area contributed by atoms with Crippen molar-refractivity contribution >= 4 is 17.6 Å². The van der Waals surface area contributed by atoms with E-state index in [2.05, 4.69) is 0 Å². The Morgan fingerprint density at radius 2 is 1.77 bits per heavy atom. The molecule has 0 saturated carbocycles. The molecule has 3 rings (SSSR count). The zero-order valence-electron chi connectivity index (χ0n) is 15.4. The minimum Gasteiger partial charge on any atom is -0.292 e. The highest BCUT2D eigenvalue weighted by atomic mass is 16.2. The topological polar surface area (TPSA) is 54.5 Å². The Balaban J connectivity index is 1.93. The average molecular weight is 349 g/mol. The van der Waals surface area contributed by atoms with Gasteiger partial charge in [-0.05, 0) is 48.6 Å². The monoisotopic (exact) mass is 349 g/mol. The third-order valence-electron chi connectivity index (χ3n) is 5.10. The lowest BCUT2D eigenvalue weighted by molar-refractivity contribution is -0.130. The smallest absolute Gasteiger partial charge is 0.261 e. The number of nitrogens with zero attached hydrogens (tertiary/aromatic N) is 1. The maximum atomic E-state index is 12.9. The van der Waals surface area contributed by atoms with E-state index in [1.54, 1.807) is 25.1 Å². The first-order chi connectivity index (χ1) is 12.5. The first-order valence-corrected chi connectivity index (χ1v) is 9.07. The zero-order valence-corrected chi connectivity index (χ0v) is 15.4. The molecule has 1 aliphatic heterocycles. The van der Waals surface area contributed by atoms with Crippen LogP contribution in [0.15, 0.2) is 42.5 Å². The Bertz CT molecular complexity index is 885. The summed E-state index contributed by atoms with van der Waals surface area (Å²) in [7, 11) is 0. The molecular formula is C22H23NO3. The molecule has 0 bridgehead atoms. The number of aryl methyl sites for hydroxylation is 2. The molecule has 4 nitrogen and oxygen atoms in total. The minimum absolute atomic E-state index is 0.189. The van der Waals surface area contributed by atoms with Crippen LogP contribution in [0.1, 0.15) is 64.1 Å². The van der Waals surface area contributed by atoms with Crippen LogP contribution in [0.3, 0.4) is 0 Å². The summed E-state index contributed by atoms with van der Waals surface area (Å²) < 4.78 is 0. The van der Waals surface area contributed by atoms with Crippen molar-refractivity contribution in [3.63, 3.8) is 0 Å². The van der Waals surface area contributed by atoms with Gasteiger partial charge < -0.3 is 0 Å². The van der Waals surface area contributed by atoms with Gasteiger partial charge in [0.15, 0.2) is 5.78 Å². The maximum absolute atomic E-state index is 12.9. The lowest BCUT2D eigenvalue weighted by Gasteiger charge is -2.30. The van der Waals surface area contributed by atoms with E-state index < -0.39 is 5.92 Å². The third-order valence-corrected chi connectivity index (χ3v) is 5.10. The van der Waals surface area contributed by atoms with E-state index in [1.807, 2.05) is 38.1 Å². The van der Waals surface area contributed by atoms with Crippen LogP contribution in [0.25, 0.3) is 0 Å². The summed E-state index contributed by atoms with van der Waals surface area (Å²) in [5, 5.41) is 0. The van der Waals surface area contributed by atoms with Crippen molar-refractivity contribution in [3.8, 4) is 0 Å². The molecule has 2 amide bonds. The summed E-state index contributed by atoms with van der Waals surface area (Å²) >= 11 is 0. The van der Waals surface area contributed by atoms with Gasteiger partial charge in [-0.2, -0.15) is 0 Å². The molecule has 1 heterocycles. The third kappa shape index (κ3) is 3.07. The second-order valence-corrected chi connectivity index (χ2v) is 6.66. The van der Waals surface area contributed by atoms with Crippen molar-refractivity contribution in [3.05, 3.63) is 70.3 Å². The maximum Gasteiger partial charge on any atom is 0.261 e. The minimum atomic E-state index is -0.427. The summed E-state index contributed by atoms with van der Waals surface area (Å²) in [5.74, 6) is -1.32. The molecule has 0 saturated heterocycles. The Labute approximate surface area is 153 Å². The van der Waals surface area contributed by atoms with Crippen molar-refractivity contribution in [2.45, 2.75) is 39.5 Å². The molecule has 0 aliphatic carbocycles. The summed E-state index contributed by atoms with van der Waals surface area (Å²) in [6, 6.07) is 13.0. The highest BCUT2D eigenvalue weighted by Crippen LogP contribution is 2.29. The van der Waals surface area contributed by atoms with Crippen LogP contribution in [0.5, 0.6) is 0 Å². The van der Waals surface area contributed by atoms with Gasteiger partial charge in [0.25, 0.3) is 5.91 Å². The predicted molar refractivity (Wildman–Crippen MR) is 100 cm³/mol. The molecule has 134 valence electrons. The Kier molecular flexibility index (Phi) is 5.03. The highest BCUT2D eigenvalue weighted by Gasteiger charge is 2.37. The van der Waals surface area contributed by atoms with E-state index in [4.69, 9.17) is 0 Å². The number of hydrogen-bond donors (Lipinski definition) is 0. The van der Waals surface area contributed by atoms with Gasteiger partial charge in [0.2, 0.25) is 5.91 Å². The molecular weight excluding hydrogens is 326 g/mol. The van der Waals surface area contributed by atoms with Crippen LogP contribution in [0.4, 0.5) is 0 Å². The Hall–Kier alpha value is -2.75. The van der Waals surface area contributed by atoms with Crippen molar-refractivity contribution < 1.29 is 14.4 Å². The zero-order chi connectivity index (χ0) is 18.8. The molecule has 0 spiro atoms. The number of ketones is 1. The van der Waals surface area contributed by atoms with Crippen molar-refractivity contribution in [1.82, 2.24) is 4.90 Å². The lowest BCUT2D eigenvalue weighted by atomic mass is 9.89. The molecule has 2 aromatic rings. The molecule has 4 heteroatoms. The van der Waals surface area contributed by atoms with Gasteiger partial charge in [-0.3, -0.25) is 19.3 Å². The van der Waals surface area contributed by atoms with Gasteiger partial charge in [0, 0.05) is 11.1 Å². The molecule has 1 atom stereocenters. The van der Waals surface area contributed by atoms with Crippen LogP contribution in [0.2, 0.25) is 0 Å². The standard InChI is InChI=1S/C22H23NO3/c1-4-15-10-11-16(5-2)19(12-15)20(24)13-23-21(25)14(3)17-8-6-7-9-18(17)22(23)26/h6-12,14H,4-5,13H2,1-3H3. The summed E-state index contributed by atoms with van der Waals surface area (Å²) in [6.07, 6.45) is 1.56. The Morgan fingerprint density at radius 1 is 1.04 bits per heavy atom. The van der Waals surface area contributed by atoms with Gasteiger partial charge in [0.05, 0.1) is 12.5 Å². The molecule has 1 unspecified atom stereocenters. The van der Waals surface area contributed by atoms with E-state index >= 15 is 0 Å². The molecule has 26 heavy (non-hydrogen) atoms. The number of amides is 2. The van der Waals surface area contributed by atoms with Crippen LogP contribution >= 0.6 is 0 Å². The first-order valence-electron chi connectivity index (χ1n) is 9.07. The summed E-state index contributed by atoms with van der Waals surface area (Å²) in [6.45, 7) is 5.59. The van der Waals surface area contributed by atoms with Crippen LogP contribution in [-0.4, -0.2) is 29.0 Å². The quantitative estimate of drug-likeness (QED) is 0.610. The number of rotatable bonds is 5. The SMILES string of the molecule is CCc1ccc(CC)c(C(=O)CN2C(=O)c3ccccc3C(C)C2=O)c1.